The molecule has 2 aromatic heterocycles. The molecule has 0 saturated carbocycles. The monoisotopic (exact) mass is 304 g/mol. The van der Waals surface area contributed by atoms with Crippen molar-refractivity contribution in [3.05, 3.63) is 52.6 Å². The fourth-order valence-corrected chi connectivity index (χ4v) is 2.16. The smallest absolute Gasteiger partial charge is 0.256 e. The van der Waals surface area contributed by atoms with E-state index in [1.165, 1.54) is 12.3 Å². The number of nitrogens with two attached hydrogens (primary N) is 1. The van der Waals surface area contributed by atoms with Gasteiger partial charge in [0.2, 0.25) is 0 Å². The number of halogens is 1. The Hall–Kier alpha value is -2.14. The topological polar surface area (TPSA) is 72.1 Å². The van der Waals surface area contributed by atoms with Crippen molar-refractivity contribution in [3.8, 4) is 0 Å². The van der Waals surface area contributed by atoms with E-state index in [1.807, 2.05) is 32.0 Å². The van der Waals surface area contributed by atoms with Crippen molar-refractivity contribution in [2.75, 3.05) is 12.3 Å². The lowest BCUT2D eigenvalue weighted by molar-refractivity contribution is 0.0751. The fraction of sp³-hybridized carbons (Fsp3) is 0.267. The van der Waals surface area contributed by atoms with Gasteiger partial charge < -0.3 is 10.6 Å². The van der Waals surface area contributed by atoms with E-state index in [2.05, 4.69) is 9.97 Å². The molecule has 0 spiro atoms. The van der Waals surface area contributed by atoms with E-state index < -0.39 is 0 Å². The van der Waals surface area contributed by atoms with Crippen LogP contribution in [0, 0.1) is 6.92 Å². The second-order valence-corrected chi connectivity index (χ2v) is 5.07. The average molecular weight is 305 g/mol. The summed E-state index contributed by atoms with van der Waals surface area (Å²) in [5.74, 6) is -0.178. The molecule has 6 heteroatoms. The number of nitrogens with zero attached hydrogens (tertiary/aromatic N) is 3. The molecule has 0 unspecified atom stereocenters. The molecule has 2 rings (SSSR count). The first-order chi connectivity index (χ1) is 10.0. The van der Waals surface area contributed by atoms with Crippen molar-refractivity contribution >= 4 is 23.2 Å². The Kier molecular flexibility index (Phi) is 4.75. The normalized spacial score (nSPS) is 10.4. The number of hydrogen-bond acceptors (Lipinski definition) is 4. The Labute approximate surface area is 128 Å². The fourth-order valence-electron chi connectivity index (χ4n) is 2.01. The molecule has 0 saturated heterocycles. The van der Waals surface area contributed by atoms with Crippen LogP contribution in [0.25, 0.3) is 0 Å². The van der Waals surface area contributed by atoms with E-state index in [1.54, 1.807) is 4.90 Å². The molecule has 0 bridgehead atoms. The van der Waals surface area contributed by atoms with Crippen molar-refractivity contribution in [2.24, 2.45) is 0 Å². The minimum absolute atomic E-state index is 0.178. The van der Waals surface area contributed by atoms with Gasteiger partial charge in [-0.2, -0.15) is 0 Å². The van der Waals surface area contributed by atoms with Crippen LogP contribution in [0.2, 0.25) is 5.15 Å². The first kappa shape index (κ1) is 15.3. The number of hydrogen-bond donors (Lipinski definition) is 1. The van der Waals surface area contributed by atoms with Gasteiger partial charge in [0.1, 0.15) is 5.15 Å². The molecule has 2 aromatic rings. The number of rotatable bonds is 4. The Morgan fingerprint density at radius 2 is 2.19 bits per heavy atom. The highest BCUT2D eigenvalue weighted by Crippen LogP contribution is 2.18. The number of carbonyl (C=O) groups excluding carboxylic acids is 1. The molecule has 0 aliphatic carbocycles. The van der Waals surface area contributed by atoms with Crippen LogP contribution >= 0.6 is 11.6 Å². The Morgan fingerprint density at radius 1 is 1.43 bits per heavy atom. The standard InChI is InChI=1S/C15H17ClN4O/c1-3-20(9-11-6-4-5-10(2)19-11)15(21)12-7-14(16)18-8-13(12)17/h4-8H,3,9,17H2,1-2H3. The van der Waals surface area contributed by atoms with Gasteiger partial charge in [-0.3, -0.25) is 9.78 Å². The summed E-state index contributed by atoms with van der Waals surface area (Å²) >= 11 is 5.84. The molecule has 21 heavy (non-hydrogen) atoms. The summed E-state index contributed by atoms with van der Waals surface area (Å²) in [5, 5.41) is 0.247. The minimum Gasteiger partial charge on any atom is -0.397 e. The van der Waals surface area contributed by atoms with Crippen LogP contribution in [0.4, 0.5) is 5.69 Å². The van der Waals surface area contributed by atoms with Crippen LogP contribution in [-0.4, -0.2) is 27.3 Å². The molecular weight excluding hydrogens is 288 g/mol. The highest BCUT2D eigenvalue weighted by atomic mass is 35.5. The Morgan fingerprint density at radius 3 is 2.86 bits per heavy atom. The molecule has 0 fully saturated rings. The van der Waals surface area contributed by atoms with Gasteiger partial charge in [0.05, 0.1) is 29.7 Å². The molecule has 0 atom stereocenters. The van der Waals surface area contributed by atoms with Gasteiger partial charge in [0, 0.05) is 12.2 Å². The number of pyridine rings is 2. The van der Waals surface area contributed by atoms with E-state index in [0.717, 1.165) is 11.4 Å². The number of carbonyl (C=O) groups is 1. The minimum atomic E-state index is -0.178. The van der Waals surface area contributed by atoms with Gasteiger partial charge in [0.15, 0.2) is 0 Å². The second kappa shape index (κ2) is 6.54. The van der Waals surface area contributed by atoms with Gasteiger partial charge in [-0.25, -0.2) is 4.98 Å². The molecule has 2 N–H and O–H groups in total. The third kappa shape index (κ3) is 3.70. The maximum absolute atomic E-state index is 12.6. The van der Waals surface area contributed by atoms with Crippen molar-refractivity contribution in [1.29, 1.82) is 0 Å². The number of amides is 1. The van der Waals surface area contributed by atoms with E-state index in [0.29, 0.717) is 24.3 Å². The van der Waals surface area contributed by atoms with Crippen molar-refractivity contribution in [2.45, 2.75) is 20.4 Å². The first-order valence-electron chi connectivity index (χ1n) is 6.64. The maximum Gasteiger partial charge on any atom is 0.256 e. The lowest BCUT2D eigenvalue weighted by Crippen LogP contribution is -2.31. The summed E-state index contributed by atoms with van der Waals surface area (Å²) < 4.78 is 0. The van der Waals surface area contributed by atoms with Crippen LogP contribution < -0.4 is 5.73 Å². The van der Waals surface area contributed by atoms with Gasteiger partial charge in [-0.05, 0) is 32.0 Å². The molecule has 2 heterocycles. The second-order valence-electron chi connectivity index (χ2n) is 4.68. The van der Waals surface area contributed by atoms with Crippen molar-refractivity contribution in [1.82, 2.24) is 14.9 Å². The van der Waals surface area contributed by atoms with Crippen molar-refractivity contribution < 1.29 is 4.79 Å². The van der Waals surface area contributed by atoms with Crippen molar-refractivity contribution in [3.63, 3.8) is 0 Å². The quantitative estimate of drug-likeness (QED) is 0.882. The molecule has 5 nitrogen and oxygen atoms in total. The molecule has 0 aliphatic rings. The summed E-state index contributed by atoms with van der Waals surface area (Å²) in [6.45, 7) is 4.80. The van der Waals surface area contributed by atoms with E-state index in [-0.39, 0.29) is 11.1 Å². The first-order valence-corrected chi connectivity index (χ1v) is 7.02. The lowest BCUT2D eigenvalue weighted by atomic mass is 10.2. The zero-order valence-electron chi connectivity index (χ0n) is 12.0. The van der Waals surface area contributed by atoms with Gasteiger partial charge in [0.25, 0.3) is 5.91 Å². The highest BCUT2D eigenvalue weighted by molar-refractivity contribution is 6.29. The van der Waals surface area contributed by atoms with Crippen LogP contribution in [0.15, 0.2) is 30.5 Å². The number of aryl methyl sites for hydroxylation is 1. The predicted molar refractivity (Wildman–Crippen MR) is 83.0 cm³/mol. The third-order valence-corrected chi connectivity index (χ3v) is 3.31. The number of nitrogen functional groups attached to an aromatic ring is 1. The summed E-state index contributed by atoms with van der Waals surface area (Å²) in [5.41, 5.74) is 8.26. The average Bonchev–Trinajstić information content (AvgIpc) is 2.46. The largest absolute Gasteiger partial charge is 0.397 e. The molecule has 0 aliphatic heterocycles. The Bertz CT molecular complexity index is 660. The maximum atomic E-state index is 12.6. The molecule has 110 valence electrons. The number of aromatic nitrogens is 2. The molecular formula is C15H17ClN4O. The van der Waals surface area contributed by atoms with Gasteiger partial charge >= 0.3 is 0 Å². The molecule has 0 radical (unpaired) electrons. The van der Waals surface area contributed by atoms with E-state index in [9.17, 15) is 4.79 Å². The van der Waals surface area contributed by atoms with E-state index in [4.69, 9.17) is 17.3 Å². The van der Waals surface area contributed by atoms with Crippen LogP contribution in [0.1, 0.15) is 28.7 Å². The lowest BCUT2D eigenvalue weighted by Gasteiger charge is -2.21. The number of anilines is 1. The summed E-state index contributed by atoms with van der Waals surface area (Å²) in [7, 11) is 0. The van der Waals surface area contributed by atoms with Crippen LogP contribution in [0.3, 0.4) is 0 Å². The predicted octanol–water partition coefficient (Wildman–Crippen LogP) is 2.68. The van der Waals surface area contributed by atoms with Crippen LogP contribution in [0.5, 0.6) is 0 Å². The summed E-state index contributed by atoms with van der Waals surface area (Å²) in [4.78, 5) is 22.5. The third-order valence-electron chi connectivity index (χ3n) is 3.10. The zero-order valence-corrected chi connectivity index (χ0v) is 12.8. The highest BCUT2D eigenvalue weighted by Gasteiger charge is 2.18. The zero-order chi connectivity index (χ0) is 15.4. The Balaban J connectivity index is 2.24. The van der Waals surface area contributed by atoms with Crippen LogP contribution in [-0.2, 0) is 6.54 Å². The van der Waals surface area contributed by atoms with E-state index >= 15 is 0 Å². The molecule has 0 aromatic carbocycles. The SMILES string of the molecule is CCN(Cc1cccc(C)n1)C(=O)c1cc(Cl)ncc1N. The molecule has 1 amide bonds. The van der Waals surface area contributed by atoms with Gasteiger partial charge in [-0.15, -0.1) is 0 Å². The van der Waals surface area contributed by atoms with Gasteiger partial charge in [-0.1, -0.05) is 17.7 Å². The summed E-state index contributed by atoms with van der Waals surface area (Å²) in [6.07, 6.45) is 1.40. The summed E-state index contributed by atoms with van der Waals surface area (Å²) in [6, 6.07) is 7.23.